The Morgan fingerprint density at radius 1 is 1.39 bits per heavy atom. The average Bonchev–Trinajstić information content (AvgIpc) is 3.01. The third-order valence-corrected chi connectivity index (χ3v) is 4.02. The zero-order valence-electron chi connectivity index (χ0n) is 13.5. The molecule has 7 nitrogen and oxygen atoms in total. The first-order valence-electron chi connectivity index (χ1n) is 7.70. The zero-order chi connectivity index (χ0) is 16.2. The molecule has 0 aromatic carbocycles. The second kappa shape index (κ2) is 6.78. The van der Waals surface area contributed by atoms with Crippen molar-refractivity contribution in [3.05, 3.63) is 48.3 Å². The molecule has 122 valence electrons. The molecule has 3 rings (SSSR count). The van der Waals surface area contributed by atoms with E-state index in [0.717, 1.165) is 19.6 Å². The molecule has 2 amide bonds. The predicted molar refractivity (Wildman–Crippen MR) is 86.7 cm³/mol. The molecule has 3 heterocycles. The summed E-state index contributed by atoms with van der Waals surface area (Å²) in [4.78, 5) is 24.1. The van der Waals surface area contributed by atoms with Crippen LogP contribution in [0.4, 0.5) is 4.79 Å². The molecule has 1 unspecified atom stereocenters. The van der Waals surface area contributed by atoms with Crippen molar-refractivity contribution in [2.45, 2.75) is 19.1 Å². The van der Waals surface area contributed by atoms with Crippen LogP contribution in [0, 0.1) is 0 Å². The molecule has 0 spiro atoms. The maximum Gasteiger partial charge on any atom is 0.316 e. The van der Waals surface area contributed by atoms with Crippen LogP contribution >= 0.6 is 0 Å². The van der Waals surface area contributed by atoms with Gasteiger partial charge in [0, 0.05) is 58.9 Å². The summed E-state index contributed by atoms with van der Waals surface area (Å²) < 4.78 is 2.16. The molecule has 1 N–H and O–H groups in total. The number of imidazole rings is 1. The van der Waals surface area contributed by atoms with Crippen LogP contribution in [0.25, 0.3) is 0 Å². The molecule has 0 saturated heterocycles. The maximum atomic E-state index is 11.8. The van der Waals surface area contributed by atoms with E-state index in [1.54, 1.807) is 25.2 Å². The minimum atomic E-state index is -0.0731. The lowest BCUT2D eigenvalue weighted by Crippen LogP contribution is -2.44. The molecule has 1 atom stereocenters. The molecule has 1 aliphatic heterocycles. The van der Waals surface area contributed by atoms with Crippen molar-refractivity contribution in [1.29, 1.82) is 0 Å². The van der Waals surface area contributed by atoms with Crippen molar-refractivity contribution in [1.82, 2.24) is 29.7 Å². The van der Waals surface area contributed by atoms with E-state index in [0.29, 0.717) is 6.54 Å². The third-order valence-electron chi connectivity index (χ3n) is 4.02. The van der Waals surface area contributed by atoms with E-state index in [1.165, 1.54) is 11.3 Å². The summed E-state index contributed by atoms with van der Waals surface area (Å²) in [7, 11) is 3.49. The van der Waals surface area contributed by atoms with E-state index in [2.05, 4.69) is 30.8 Å². The number of carbonyl (C=O) groups excluding carboxylic acids is 1. The predicted octanol–water partition coefficient (Wildman–Crippen LogP) is 1.11. The molecule has 1 aliphatic rings. The summed E-state index contributed by atoms with van der Waals surface area (Å²) in [6.45, 7) is 3.15. The van der Waals surface area contributed by atoms with Crippen molar-refractivity contribution in [2.75, 3.05) is 27.2 Å². The molecule has 0 radical (unpaired) electrons. The first-order valence-corrected chi connectivity index (χ1v) is 7.70. The van der Waals surface area contributed by atoms with Gasteiger partial charge >= 0.3 is 6.03 Å². The zero-order valence-corrected chi connectivity index (χ0v) is 13.5. The Morgan fingerprint density at radius 3 is 3.00 bits per heavy atom. The second-order valence-electron chi connectivity index (χ2n) is 6.06. The smallest absolute Gasteiger partial charge is 0.316 e. The summed E-state index contributed by atoms with van der Waals surface area (Å²) in [5.74, 6) is 0. The van der Waals surface area contributed by atoms with Gasteiger partial charge in [0.15, 0.2) is 0 Å². The average molecular weight is 314 g/mol. The fourth-order valence-electron chi connectivity index (χ4n) is 2.86. The van der Waals surface area contributed by atoms with Gasteiger partial charge in [-0.05, 0) is 11.6 Å². The van der Waals surface area contributed by atoms with E-state index in [-0.39, 0.29) is 12.1 Å². The second-order valence-corrected chi connectivity index (χ2v) is 6.06. The quantitative estimate of drug-likeness (QED) is 0.918. The Kier molecular flexibility index (Phi) is 4.57. The number of hydrogen-bond donors (Lipinski definition) is 1. The molecule has 0 aliphatic carbocycles. The Balaban J connectivity index is 1.68. The van der Waals surface area contributed by atoms with Gasteiger partial charge in [0.25, 0.3) is 0 Å². The lowest BCUT2D eigenvalue weighted by atomic mass is 10.1. The summed E-state index contributed by atoms with van der Waals surface area (Å²) in [6, 6.07) is 4.15. The van der Waals surface area contributed by atoms with Crippen LogP contribution in [0.5, 0.6) is 0 Å². The van der Waals surface area contributed by atoms with Gasteiger partial charge < -0.3 is 14.8 Å². The number of pyridine rings is 1. The van der Waals surface area contributed by atoms with Crippen LogP contribution in [-0.4, -0.2) is 57.6 Å². The van der Waals surface area contributed by atoms with Crippen molar-refractivity contribution < 1.29 is 4.79 Å². The highest BCUT2D eigenvalue weighted by molar-refractivity contribution is 5.73. The molecule has 2 aromatic heterocycles. The Bertz CT molecular complexity index is 654. The summed E-state index contributed by atoms with van der Waals surface area (Å²) >= 11 is 0. The lowest BCUT2D eigenvalue weighted by Gasteiger charge is -2.34. The van der Waals surface area contributed by atoms with Gasteiger partial charge in [-0.3, -0.25) is 9.88 Å². The minimum absolute atomic E-state index is 0.0731. The highest BCUT2D eigenvalue weighted by Crippen LogP contribution is 2.21. The van der Waals surface area contributed by atoms with Gasteiger partial charge in [0.05, 0.1) is 18.1 Å². The fraction of sp³-hybridized carbons (Fsp3) is 0.438. The summed E-state index contributed by atoms with van der Waals surface area (Å²) in [6.07, 6.45) is 7.43. The van der Waals surface area contributed by atoms with Crippen LogP contribution in [0.3, 0.4) is 0 Å². The number of hydrogen-bond acceptors (Lipinski definition) is 4. The number of carbonyl (C=O) groups is 1. The van der Waals surface area contributed by atoms with Gasteiger partial charge in [-0.15, -0.1) is 0 Å². The SMILES string of the molecule is CN(C)C(=O)NCC1CN(Cc2cccnc2)Cc2cncn21. The Labute approximate surface area is 135 Å². The standard InChI is InChI=1S/C16H22N6O/c1-20(2)16(23)19-8-15-11-21(9-13-4-3-5-17-6-13)10-14-7-18-12-22(14)15/h3-7,12,15H,8-11H2,1-2H3,(H,19,23). The summed E-state index contributed by atoms with van der Waals surface area (Å²) in [5.41, 5.74) is 2.36. The van der Waals surface area contributed by atoms with E-state index in [4.69, 9.17) is 0 Å². The minimum Gasteiger partial charge on any atom is -0.336 e. The van der Waals surface area contributed by atoms with Gasteiger partial charge in [-0.2, -0.15) is 0 Å². The van der Waals surface area contributed by atoms with Crippen LogP contribution in [0.2, 0.25) is 0 Å². The van der Waals surface area contributed by atoms with Crippen molar-refractivity contribution in [2.24, 2.45) is 0 Å². The normalized spacial score (nSPS) is 17.6. The number of urea groups is 1. The van der Waals surface area contributed by atoms with E-state index in [1.807, 2.05) is 24.8 Å². The monoisotopic (exact) mass is 314 g/mol. The number of fused-ring (bicyclic) bond motifs is 1. The van der Waals surface area contributed by atoms with Crippen LogP contribution in [-0.2, 0) is 13.1 Å². The van der Waals surface area contributed by atoms with E-state index >= 15 is 0 Å². The molecule has 0 bridgehead atoms. The summed E-state index contributed by atoms with van der Waals surface area (Å²) in [5, 5.41) is 2.97. The molecule has 7 heteroatoms. The van der Waals surface area contributed by atoms with Crippen molar-refractivity contribution in [3.63, 3.8) is 0 Å². The maximum absolute atomic E-state index is 11.8. The van der Waals surface area contributed by atoms with Crippen molar-refractivity contribution in [3.8, 4) is 0 Å². The third kappa shape index (κ3) is 3.68. The number of nitrogens with one attached hydrogen (secondary N) is 1. The number of amides is 2. The first-order chi connectivity index (χ1) is 11.1. The Morgan fingerprint density at radius 2 is 2.26 bits per heavy atom. The van der Waals surface area contributed by atoms with E-state index in [9.17, 15) is 4.79 Å². The first kappa shape index (κ1) is 15.5. The largest absolute Gasteiger partial charge is 0.336 e. The van der Waals surface area contributed by atoms with Gasteiger partial charge in [-0.25, -0.2) is 9.78 Å². The fourth-order valence-corrected chi connectivity index (χ4v) is 2.86. The van der Waals surface area contributed by atoms with E-state index < -0.39 is 0 Å². The van der Waals surface area contributed by atoms with Gasteiger partial charge in [-0.1, -0.05) is 6.07 Å². The lowest BCUT2D eigenvalue weighted by molar-refractivity contribution is 0.171. The van der Waals surface area contributed by atoms with Gasteiger partial charge in [0.2, 0.25) is 0 Å². The van der Waals surface area contributed by atoms with Gasteiger partial charge in [0.1, 0.15) is 0 Å². The van der Waals surface area contributed by atoms with Crippen molar-refractivity contribution >= 4 is 6.03 Å². The topological polar surface area (TPSA) is 66.3 Å². The number of nitrogens with zero attached hydrogens (tertiary/aromatic N) is 5. The highest BCUT2D eigenvalue weighted by atomic mass is 16.2. The number of aromatic nitrogens is 3. The van der Waals surface area contributed by atoms with Crippen LogP contribution in [0.1, 0.15) is 17.3 Å². The Hall–Kier alpha value is -2.41. The molecule has 2 aromatic rings. The molecule has 0 fully saturated rings. The highest BCUT2D eigenvalue weighted by Gasteiger charge is 2.25. The molecular formula is C16H22N6O. The molecule has 23 heavy (non-hydrogen) atoms. The van der Waals surface area contributed by atoms with Crippen LogP contribution in [0.15, 0.2) is 37.1 Å². The molecule has 0 saturated carbocycles. The number of rotatable bonds is 4. The molecular weight excluding hydrogens is 292 g/mol. The van der Waals surface area contributed by atoms with Crippen LogP contribution < -0.4 is 5.32 Å².